The molecule has 24 aromatic carbocycles. The molecule has 0 saturated heterocycles. The smallest absolute Gasteiger partial charge is 0.143 e. The molecule has 0 N–H and O–H groups in total. The SMILES string of the molecule is c1ccc(-c2ccc(-n3c4ccccc4c4cc(-c5ccc(-c6cccc7c6oc6ccccc67)cc5)ccc43)cc2)cc1.c1ccc(-c2ccc(-n3c4ccccc4c4cc(-c5ccc6c(c5)c5ccccc5n6-c5ccc6ccccc6c5)ccc43)cc2)cc1.c1ccc(C2c3ccccc3-c3cc(-c4ccc5c(c4)c4cc(-c6ccc7c(c6)c6ccccc6n7-c6ccccc6)ccc4n5-c4ccccc4)ccc32)cc1. The van der Waals surface area contributed by atoms with Crippen LogP contribution in [-0.2, 0) is 0 Å². The van der Waals surface area contributed by atoms with Gasteiger partial charge in [0.2, 0.25) is 0 Å². The molecule has 0 aliphatic heterocycles. The van der Waals surface area contributed by atoms with Gasteiger partial charge in [0.25, 0.3) is 0 Å². The fourth-order valence-electron chi connectivity index (χ4n) is 23.9. The average molecular weight is 1900 g/mol. The van der Waals surface area contributed by atoms with Crippen LogP contribution in [0.4, 0.5) is 0 Å². The van der Waals surface area contributed by atoms with Gasteiger partial charge in [0, 0.05) is 105 Å². The van der Waals surface area contributed by atoms with Crippen LogP contribution in [-0.4, -0.2) is 22.8 Å². The number of aromatic nitrogens is 5. The lowest BCUT2D eigenvalue weighted by molar-refractivity contribution is 0.670. The maximum Gasteiger partial charge on any atom is 0.143 e. The van der Waals surface area contributed by atoms with Crippen LogP contribution in [0.25, 0.3) is 259 Å². The van der Waals surface area contributed by atoms with Crippen LogP contribution in [0.5, 0.6) is 0 Å². The number of fused-ring (bicyclic) bond motifs is 22. The minimum absolute atomic E-state index is 0.241. The highest BCUT2D eigenvalue weighted by atomic mass is 16.3. The van der Waals surface area contributed by atoms with Gasteiger partial charge in [-0.25, -0.2) is 0 Å². The maximum atomic E-state index is 6.31. The molecule has 6 heteroatoms. The van der Waals surface area contributed by atoms with Crippen LogP contribution in [0.3, 0.4) is 0 Å². The Labute approximate surface area is 860 Å². The second kappa shape index (κ2) is 35.7. The second-order valence-corrected chi connectivity index (χ2v) is 39.3. The Morgan fingerprint density at radius 3 is 0.879 bits per heavy atom. The third-order valence-corrected chi connectivity index (χ3v) is 30.9. The molecule has 696 valence electrons. The highest BCUT2D eigenvalue weighted by molar-refractivity contribution is 6.18. The lowest BCUT2D eigenvalue weighted by Gasteiger charge is -2.14. The molecule has 6 aromatic heterocycles. The highest BCUT2D eigenvalue weighted by Crippen LogP contribution is 2.52. The van der Waals surface area contributed by atoms with E-state index in [2.05, 4.69) is 569 Å². The number of para-hydroxylation sites is 8. The van der Waals surface area contributed by atoms with Crippen molar-refractivity contribution in [2.24, 2.45) is 0 Å². The Morgan fingerprint density at radius 1 is 0.141 bits per heavy atom. The van der Waals surface area contributed by atoms with Gasteiger partial charge in [0.15, 0.2) is 0 Å². The molecule has 0 spiro atoms. The molecule has 6 nitrogen and oxygen atoms in total. The molecule has 1 aliphatic rings. The zero-order valence-corrected chi connectivity index (χ0v) is 81.3. The average Bonchev–Trinajstić information content (AvgIpc) is 1.58. The van der Waals surface area contributed by atoms with Crippen molar-refractivity contribution in [2.75, 3.05) is 0 Å². The van der Waals surface area contributed by atoms with E-state index in [1.807, 2.05) is 12.1 Å². The van der Waals surface area contributed by atoms with E-state index in [0.29, 0.717) is 0 Å². The summed E-state index contributed by atoms with van der Waals surface area (Å²) in [6.45, 7) is 0. The molecule has 6 heterocycles. The summed E-state index contributed by atoms with van der Waals surface area (Å²) in [6, 6.07) is 203. The lowest BCUT2D eigenvalue weighted by atomic mass is 9.89. The maximum absolute atomic E-state index is 6.31. The predicted octanol–water partition coefficient (Wildman–Crippen LogP) is 38.4. The van der Waals surface area contributed by atoms with E-state index >= 15 is 0 Å². The molecule has 30 aromatic rings. The third-order valence-electron chi connectivity index (χ3n) is 30.9. The van der Waals surface area contributed by atoms with Gasteiger partial charge in [-0.1, -0.05) is 388 Å². The number of rotatable bonds is 13. The van der Waals surface area contributed by atoms with Crippen molar-refractivity contribution in [2.45, 2.75) is 5.92 Å². The number of hydrogen-bond acceptors (Lipinski definition) is 1. The molecule has 0 amide bonds. The number of benzene rings is 24. The zero-order valence-electron chi connectivity index (χ0n) is 81.3. The normalized spacial score (nSPS) is 12.4. The lowest BCUT2D eigenvalue weighted by Crippen LogP contribution is -1.98. The highest BCUT2D eigenvalue weighted by Gasteiger charge is 2.31. The Morgan fingerprint density at radius 2 is 0.423 bits per heavy atom. The molecule has 149 heavy (non-hydrogen) atoms. The van der Waals surface area contributed by atoms with E-state index in [-0.39, 0.29) is 5.92 Å². The van der Waals surface area contributed by atoms with Crippen LogP contribution in [0.15, 0.2) is 563 Å². The first kappa shape index (κ1) is 86.1. The van der Waals surface area contributed by atoms with Crippen LogP contribution in [0.1, 0.15) is 22.6 Å². The van der Waals surface area contributed by atoms with E-state index < -0.39 is 0 Å². The van der Waals surface area contributed by atoms with Crippen molar-refractivity contribution in [1.82, 2.24) is 22.8 Å². The van der Waals surface area contributed by atoms with Crippen LogP contribution in [0, 0.1) is 0 Å². The molecule has 0 saturated carbocycles. The van der Waals surface area contributed by atoms with Gasteiger partial charge in [-0.15, -0.1) is 0 Å². The summed E-state index contributed by atoms with van der Waals surface area (Å²) in [7, 11) is 0. The van der Waals surface area contributed by atoms with Crippen LogP contribution in [0.2, 0.25) is 0 Å². The van der Waals surface area contributed by atoms with Crippen LogP contribution >= 0.6 is 0 Å². The molecule has 0 fully saturated rings. The third kappa shape index (κ3) is 14.7. The molecule has 1 aliphatic carbocycles. The minimum atomic E-state index is 0.241. The minimum Gasteiger partial charge on any atom is -0.455 e. The fraction of sp³-hybridized carbons (Fsp3) is 0.00699. The monoisotopic (exact) mass is 1900 g/mol. The van der Waals surface area contributed by atoms with Gasteiger partial charge in [-0.2, -0.15) is 0 Å². The van der Waals surface area contributed by atoms with Crippen molar-refractivity contribution in [3.05, 3.63) is 575 Å². The Bertz CT molecular complexity index is 10500. The van der Waals surface area contributed by atoms with Crippen molar-refractivity contribution >= 4 is 142 Å². The Hall–Kier alpha value is -19.7. The molecule has 0 radical (unpaired) electrons. The Kier molecular flexibility index (Phi) is 20.6. The van der Waals surface area contributed by atoms with Gasteiger partial charge in [-0.3, -0.25) is 0 Å². The van der Waals surface area contributed by atoms with E-state index in [1.165, 1.54) is 226 Å². The number of hydrogen-bond donors (Lipinski definition) is 0. The van der Waals surface area contributed by atoms with E-state index in [0.717, 1.165) is 50.1 Å². The van der Waals surface area contributed by atoms with E-state index in [9.17, 15) is 0 Å². The largest absolute Gasteiger partial charge is 0.455 e. The summed E-state index contributed by atoms with van der Waals surface area (Å²) in [5.74, 6) is 0.241. The summed E-state index contributed by atoms with van der Waals surface area (Å²) >= 11 is 0. The van der Waals surface area contributed by atoms with Crippen molar-refractivity contribution in [3.63, 3.8) is 0 Å². The molecular formula is C143H93N5O. The summed E-state index contributed by atoms with van der Waals surface area (Å²) in [5.41, 5.74) is 43.4. The Balaban J connectivity index is 0.000000106. The standard InChI is InChI=1S/C55H36N2.C46H30N2.C42H27NO/c1-4-14-36(15-5-1)55-45-22-11-10-20-43(45)47-32-37(24-28-46(47)55)39-26-30-53-49(34-39)50-35-40(27-31-54(50)57(53)42-18-8-3-9-19-42)38-25-29-52-48(33-38)44-21-12-13-23-51(44)56(52)41-16-6-2-7-17-41;1-2-10-31(11-3-1)33-18-23-37(24-19-33)47-43-16-8-6-14-39(43)41-29-35(21-26-45(41)47)36-22-27-46-42(30-36)40-15-7-9-17-44(40)48(46)38-25-20-32-12-4-5-13-34(32)28-38;1-2-9-28(10-3-1)29-21-24-33(25-22-29)43-39-15-6-4-11-35(39)38-27-32(23-26-40(38)43)30-17-19-31(20-18-30)34-13-8-14-37-36-12-5-7-16-41(36)44-42(34)37/h1-35,55H;1-30H;1-27H. The van der Waals surface area contributed by atoms with E-state index in [1.54, 1.807) is 0 Å². The second-order valence-electron chi connectivity index (χ2n) is 39.3. The molecule has 1 atom stereocenters. The fourth-order valence-corrected chi connectivity index (χ4v) is 23.9. The number of furan rings is 1. The zero-order chi connectivity index (χ0) is 98.1. The molecule has 1 unspecified atom stereocenters. The van der Waals surface area contributed by atoms with Crippen molar-refractivity contribution in [1.29, 1.82) is 0 Å². The van der Waals surface area contributed by atoms with Gasteiger partial charge in [-0.05, 0) is 281 Å². The number of nitrogens with zero attached hydrogens (tertiary/aromatic N) is 5. The first-order valence-corrected chi connectivity index (χ1v) is 51.3. The van der Waals surface area contributed by atoms with E-state index in [4.69, 9.17) is 4.42 Å². The summed E-state index contributed by atoms with van der Waals surface area (Å²) < 4.78 is 18.3. The van der Waals surface area contributed by atoms with Crippen LogP contribution < -0.4 is 0 Å². The van der Waals surface area contributed by atoms with Gasteiger partial charge in [0.1, 0.15) is 11.2 Å². The van der Waals surface area contributed by atoms with Crippen molar-refractivity contribution in [3.8, 4) is 117 Å². The summed E-state index contributed by atoms with van der Waals surface area (Å²) in [5, 5.41) is 17.4. The van der Waals surface area contributed by atoms with Crippen molar-refractivity contribution < 1.29 is 4.42 Å². The molecular weight excluding hydrogens is 1800 g/mol. The van der Waals surface area contributed by atoms with Gasteiger partial charge in [0.05, 0.1) is 55.2 Å². The first-order chi connectivity index (χ1) is 73.9. The first-order valence-electron chi connectivity index (χ1n) is 51.3. The molecule has 0 bridgehead atoms. The summed E-state index contributed by atoms with van der Waals surface area (Å²) in [4.78, 5) is 0. The molecule has 31 rings (SSSR count). The van der Waals surface area contributed by atoms with Gasteiger partial charge >= 0.3 is 0 Å². The quantitative estimate of drug-likeness (QED) is 0.113. The topological polar surface area (TPSA) is 37.8 Å². The predicted molar refractivity (Wildman–Crippen MR) is 627 cm³/mol. The summed E-state index contributed by atoms with van der Waals surface area (Å²) in [6.07, 6.45) is 0. The van der Waals surface area contributed by atoms with Gasteiger partial charge < -0.3 is 27.3 Å².